The molecule has 8 rings (SSSR count). The van der Waals surface area contributed by atoms with E-state index in [1.807, 2.05) is 0 Å². The van der Waals surface area contributed by atoms with Crippen molar-refractivity contribution >= 4 is 23.9 Å². The second-order valence-corrected chi connectivity index (χ2v) is 30.7. The Morgan fingerprint density at radius 2 is 0.782 bits per heavy atom. The maximum absolute atomic E-state index is 11.0. The Bertz CT molecular complexity index is 2270. The maximum atomic E-state index is 11.0. The average Bonchev–Trinajstić information content (AvgIpc) is 1.70. The minimum Gasteiger partial charge on any atom is -0.693 e. The van der Waals surface area contributed by atoms with Crippen molar-refractivity contribution in [3.05, 3.63) is 80.4 Å². The zero-order valence-electron chi connectivity index (χ0n) is 62.1. The van der Waals surface area contributed by atoms with E-state index in [1.54, 1.807) is 11.1 Å². The Labute approximate surface area is 646 Å². The van der Waals surface area contributed by atoms with Crippen LogP contribution in [0.3, 0.4) is 0 Å². The van der Waals surface area contributed by atoms with Gasteiger partial charge < -0.3 is 86.7 Å². The second-order valence-electron chi connectivity index (χ2n) is 30.7. The van der Waals surface area contributed by atoms with E-state index in [0.717, 1.165) is 96.7 Å². The van der Waals surface area contributed by atoms with Gasteiger partial charge in [-0.15, -0.1) is 20.2 Å². The van der Waals surface area contributed by atoms with Crippen LogP contribution in [0.15, 0.2) is 23.3 Å². The molecule has 0 radical (unpaired) electrons. The van der Waals surface area contributed by atoms with Crippen LogP contribution in [0.5, 0.6) is 0 Å². The average molecular weight is 1990 g/mol. The summed E-state index contributed by atoms with van der Waals surface area (Å²) >= 11 is 0. The molecule has 0 aliphatic heterocycles. The van der Waals surface area contributed by atoms with E-state index in [9.17, 15) is 19.2 Å². The summed E-state index contributed by atoms with van der Waals surface area (Å²) in [4.78, 5) is 63.3. The number of aliphatic carboxylic acids is 4. The van der Waals surface area contributed by atoms with Crippen molar-refractivity contribution < 1.29 is 142 Å². The molecule has 8 aliphatic rings. The summed E-state index contributed by atoms with van der Waals surface area (Å²) in [6, 6.07) is 0. The summed E-state index contributed by atoms with van der Waals surface area (Å²) in [5, 5.41) is 63.1. The molecule has 0 amide bonds. The molecule has 16 atom stereocenters. The van der Waals surface area contributed by atoms with Crippen LogP contribution in [0.2, 0.25) is 0 Å². The molecule has 31 heteroatoms. The predicted octanol–water partition coefficient (Wildman–Crippen LogP) is 17.4. The molecule has 18 N–H and O–H groups in total. The van der Waals surface area contributed by atoms with E-state index in [0.29, 0.717) is 61.3 Å². The molecule has 600 valence electrons. The van der Waals surface area contributed by atoms with Crippen LogP contribution in [0.4, 0.5) is 0 Å². The van der Waals surface area contributed by atoms with Gasteiger partial charge in [-0.3, -0.25) is 29.0 Å². The number of carboxylic acid groups (broad SMARTS) is 4. The summed E-state index contributed by atoms with van der Waals surface area (Å²) in [6.45, 7) is 26.8. The maximum Gasteiger partial charge on any atom is 2.00 e. The zero-order valence-corrected chi connectivity index (χ0v) is 68.9. The molecule has 6 fully saturated rings. The molecule has 0 unspecified atom stereocenters. The Kier molecular flexibility index (Phi) is 53.8. The number of nitrogens with zero attached hydrogens (tertiary/aromatic N) is 4. The van der Waals surface area contributed by atoms with Crippen molar-refractivity contribution in [3.63, 3.8) is 0 Å². The molecule has 0 spiro atoms. The van der Waals surface area contributed by atoms with Crippen LogP contribution >= 0.6 is 0 Å². The van der Waals surface area contributed by atoms with Gasteiger partial charge in [-0.2, -0.15) is 0 Å². The normalized spacial score (nSPS) is 29.5. The number of carbonyl (C=O) groups is 4. The molecule has 0 aromatic rings. The minimum absolute atomic E-state index is 0. The third-order valence-electron chi connectivity index (χ3n) is 24.2. The van der Waals surface area contributed by atoms with Gasteiger partial charge in [0.2, 0.25) is 0 Å². The van der Waals surface area contributed by atoms with Crippen molar-refractivity contribution in [2.75, 3.05) is 78.9 Å². The quantitative estimate of drug-likeness (QED) is 0.0158. The van der Waals surface area contributed by atoms with Gasteiger partial charge in [0.25, 0.3) is 10.2 Å². The van der Waals surface area contributed by atoms with Crippen LogP contribution < -0.4 is 0 Å². The van der Waals surface area contributed by atoms with Gasteiger partial charge in [0.05, 0.1) is 78.0 Å². The fourth-order valence-electron chi connectivity index (χ4n) is 19.9. The Balaban J connectivity index is -0.000000508. The molecule has 0 saturated heterocycles. The molecule has 28 nitrogen and oxygen atoms in total. The van der Waals surface area contributed by atoms with Crippen molar-refractivity contribution in [2.45, 2.75) is 223 Å². The molecule has 101 heavy (non-hydrogen) atoms. The van der Waals surface area contributed by atoms with E-state index >= 15 is 0 Å². The van der Waals surface area contributed by atoms with Gasteiger partial charge in [-0.25, -0.2) is 0 Å². The van der Waals surface area contributed by atoms with Gasteiger partial charge in [-0.05, 0) is 195 Å². The van der Waals surface area contributed by atoms with E-state index in [1.165, 1.54) is 125 Å². The number of hydrogen-bond acceptors (Lipinski definition) is 14. The summed E-state index contributed by atoms with van der Waals surface area (Å²) < 4.78 is 23.8. The molecule has 6 saturated carbocycles. The number of nitrogens with two attached hydrogens (primary N) is 6. The number of fused-ring (bicyclic) bond motifs is 10. The first-order valence-corrected chi connectivity index (χ1v) is 35.1. The first kappa shape index (κ1) is 107. The van der Waals surface area contributed by atoms with Crippen LogP contribution in [-0.2, 0) is 101 Å². The summed E-state index contributed by atoms with van der Waals surface area (Å²) in [7, 11) is 0. The van der Waals surface area contributed by atoms with E-state index in [-0.39, 0.29) is 152 Å². The van der Waals surface area contributed by atoms with Gasteiger partial charge in [0.1, 0.15) is 0 Å². The molecule has 0 heterocycles. The molecular formula is C70H132N10O18Pt3. The molecule has 0 bridgehead atoms. The largest absolute Gasteiger partial charge is 2.00 e. The van der Waals surface area contributed by atoms with Gasteiger partial charge in [-0.1, -0.05) is 131 Å². The van der Waals surface area contributed by atoms with Crippen LogP contribution in [-0.4, -0.2) is 166 Å². The number of ether oxygens (including phenoxy) is 4. The number of carboxylic acids is 4. The van der Waals surface area contributed by atoms with Crippen molar-refractivity contribution in [2.24, 2.45) is 92.7 Å². The SMILES string of the molecule is CC(C)CCC[C@@H](C)[C@H]1CC[C@H]2[C@@H]3CC=C4C[C@@H](OCCOCCN(CC(=O)O)CC(=O)O)CC[C@]4(C)[C@H]3CC[C@]12C.CC(C)CCC[C@@H](C)[C@H]1CC[C@H]2[C@@H]3CC=C4C[C@@H](OCCOCCN(CC(=O)O)CC(=O)O)CC[C@]4(C)[C@H]3CC[C@]12C.O=[N+]([O-])O.O=[N+]([O-])O.[NH2-].[NH2-].[NH2-].[NH2-].[NH2-].[NH2-].[Pt+2].[Pt+2].[Pt+2]. The van der Waals surface area contributed by atoms with Gasteiger partial charge in [0, 0.05) is 13.1 Å². The smallest absolute Gasteiger partial charge is 0.693 e. The van der Waals surface area contributed by atoms with Crippen LogP contribution in [0, 0.1) is 113 Å². The third-order valence-corrected chi connectivity index (χ3v) is 24.2. The van der Waals surface area contributed by atoms with Crippen LogP contribution in [0.25, 0.3) is 36.9 Å². The number of rotatable bonds is 32. The fraction of sp³-hybridized carbons (Fsp3) is 0.886. The van der Waals surface area contributed by atoms with Gasteiger partial charge in [0.15, 0.2) is 0 Å². The number of allylic oxidation sites excluding steroid dienone is 2. The first-order valence-electron chi connectivity index (χ1n) is 35.1. The third kappa shape index (κ3) is 31.6. The van der Waals surface area contributed by atoms with E-state index < -0.39 is 34.1 Å². The number of hydrogen-bond donors (Lipinski definition) is 6. The molecule has 0 aromatic carbocycles. The minimum atomic E-state index is -1.50. The Morgan fingerprint density at radius 1 is 0.475 bits per heavy atom. The summed E-state index contributed by atoms with van der Waals surface area (Å²) in [5.74, 6) is 6.08. The molecule has 8 aliphatic carbocycles. The Morgan fingerprint density at radius 3 is 1.07 bits per heavy atom. The van der Waals surface area contributed by atoms with E-state index in [2.05, 4.69) is 81.4 Å². The first-order chi connectivity index (χ1) is 43.3. The van der Waals surface area contributed by atoms with Crippen molar-refractivity contribution in [1.82, 2.24) is 9.80 Å². The Hall–Kier alpha value is -2.66. The van der Waals surface area contributed by atoms with E-state index in [4.69, 9.17) is 70.0 Å². The van der Waals surface area contributed by atoms with Crippen molar-refractivity contribution in [3.8, 4) is 0 Å². The predicted molar refractivity (Wildman–Crippen MR) is 380 cm³/mol. The topological polar surface area (TPSA) is 520 Å². The monoisotopic (exact) mass is 1990 g/mol. The summed E-state index contributed by atoms with van der Waals surface area (Å²) in [6.07, 6.45) is 34.6. The second kappa shape index (κ2) is 50.8. The molecular weight excluding hydrogens is 1850 g/mol. The standard InChI is InChI=1S/2C35H59NO6.2HNO3.6H2N.3Pt/c2*1-24(2)7-6-8-25(3)29-11-12-30-28-10-9-26-21-27(13-15-34(26,4)31(28)14-16-35(29,30)5)42-20-19-41-18-17-36(22-32(37)38)23-33(39)40;2*2-1(3)4;;;;;;;;;/h2*9,24-25,27-31H,6-8,10-23H2,1-5H3,(H,37,38)(H,39,40);2*(H,2,3,4);6*1H2;;;/q;;;;6*-1;3*+2/t2*25-,27+,28+,29-,30+,31+,34+,35-;;;;;;;;;;;/m11.........../s1. The van der Waals surface area contributed by atoms with Crippen molar-refractivity contribution in [1.29, 1.82) is 0 Å². The molecule has 0 aromatic heterocycles. The summed E-state index contributed by atoms with van der Waals surface area (Å²) in [5.41, 5.74) is 4.97. The van der Waals surface area contributed by atoms with Gasteiger partial charge >= 0.3 is 87.1 Å². The van der Waals surface area contributed by atoms with Crippen LogP contribution in [0.1, 0.15) is 210 Å². The fourth-order valence-corrected chi connectivity index (χ4v) is 19.9. The zero-order chi connectivity index (χ0) is 68.1.